The van der Waals surface area contributed by atoms with Crippen LogP contribution in [0.25, 0.3) is 0 Å². The van der Waals surface area contributed by atoms with Crippen molar-refractivity contribution in [1.82, 2.24) is 9.97 Å². The summed E-state index contributed by atoms with van der Waals surface area (Å²) in [5.74, 6) is 0.424. The zero-order valence-electron chi connectivity index (χ0n) is 8.44. The predicted octanol–water partition coefficient (Wildman–Crippen LogP) is 3.82. The molecule has 17 heavy (non-hydrogen) atoms. The van der Waals surface area contributed by atoms with Crippen LogP contribution < -0.4 is 4.74 Å². The molecule has 0 saturated carbocycles. The Morgan fingerprint density at radius 1 is 1.41 bits per heavy atom. The second kappa shape index (κ2) is 5.50. The van der Waals surface area contributed by atoms with E-state index in [2.05, 4.69) is 25.9 Å². The molecule has 2 rings (SSSR count). The number of ether oxygens (including phenoxy) is 1. The molecule has 0 bridgehead atoms. The molecule has 0 N–H and O–H groups in total. The third-order valence-corrected chi connectivity index (χ3v) is 3.30. The highest BCUT2D eigenvalue weighted by Crippen LogP contribution is 2.25. The van der Waals surface area contributed by atoms with Gasteiger partial charge in [-0.05, 0) is 6.07 Å². The molecule has 7 heteroatoms. The van der Waals surface area contributed by atoms with Gasteiger partial charge in [0.15, 0.2) is 0 Å². The van der Waals surface area contributed by atoms with Crippen molar-refractivity contribution < 1.29 is 13.5 Å². The average Bonchev–Trinajstić information content (AvgIpc) is 2.75. The van der Waals surface area contributed by atoms with Gasteiger partial charge in [-0.2, -0.15) is 0 Å². The van der Waals surface area contributed by atoms with Gasteiger partial charge in [0.05, 0.1) is 4.88 Å². The molecule has 0 aromatic carbocycles. The first kappa shape index (κ1) is 12.4. The summed E-state index contributed by atoms with van der Waals surface area (Å²) in [7, 11) is 0. The van der Waals surface area contributed by atoms with Crippen molar-refractivity contribution in [3.8, 4) is 5.88 Å². The Kier molecular flexibility index (Phi) is 4.01. The van der Waals surface area contributed by atoms with Crippen LogP contribution >= 0.6 is 27.3 Å². The number of nitrogens with zero attached hydrogens (tertiary/aromatic N) is 2. The fourth-order valence-corrected chi connectivity index (χ4v) is 2.10. The van der Waals surface area contributed by atoms with E-state index in [4.69, 9.17) is 4.74 Å². The van der Waals surface area contributed by atoms with E-state index in [0.717, 1.165) is 15.8 Å². The van der Waals surface area contributed by atoms with Crippen LogP contribution in [0.4, 0.5) is 8.78 Å². The van der Waals surface area contributed by atoms with Crippen LogP contribution in [0.5, 0.6) is 5.88 Å². The second-order valence-corrected chi connectivity index (χ2v) is 5.12. The minimum atomic E-state index is -2.48. The minimum Gasteiger partial charge on any atom is -0.470 e. The van der Waals surface area contributed by atoms with Crippen LogP contribution in [0.15, 0.2) is 29.0 Å². The molecule has 0 aliphatic carbocycles. The van der Waals surface area contributed by atoms with E-state index in [0.29, 0.717) is 10.9 Å². The molecular weight excluding hydrogens is 314 g/mol. The first-order valence-corrected chi connectivity index (χ1v) is 6.23. The molecule has 0 aliphatic rings. The minimum absolute atomic E-state index is 0.0502. The van der Waals surface area contributed by atoms with Gasteiger partial charge in [-0.3, -0.25) is 0 Å². The number of hydrogen-bond acceptors (Lipinski definition) is 4. The van der Waals surface area contributed by atoms with Crippen molar-refractivity contribution in [3.63, 3.8) is 0 Å². The summed E-state index contributed by atoms with van der Waals surface area (Å²) in [6.45, 7) is 0.140. The molecule has 0 radical (unpaired) electrons. The Bertz CT molecular complexity index is 507. The van der Waals surface area contributed by atoms with Gasteiger partial charge in [0.25, 0.3) is 6.43 Å². The summed E-state index contributed by atoms with van der Waals surface area (Å²) in [5.41, 5.74) is 0. The van der Waals surface area contributed by atoms with Crippen molar-refractivity contribution in [2.45, 2.75) is 13.0 Å². The van der Waals surface area contributed by atoms with E-state index in [-0.39, 0.29) is 11.5 Å². The Labute approximate surface area is 109 Å². The molecule has 0 saturated heterocycles. The normalized spacial score (nSPS) is 10.8. The largest absolute Gasteiger partial charge is 0.470 e. The number of hydrogen-bond donors (Lipinski definition) is 0. The fourth-order valence-electron chi connectivity index (χ4n) is 1.09. The summed E-state index contributed by atoms with van der Waals surface area (Å²) in [5, 5.41) is 0.502. The fraction of sp³-hybridized carbons (Fsp3) is 0.200. The number of thiazole rings is 1. The summed E-state index contributed by atoms with van der Waals surface area (Å²) in [6.07, 6.45) is 0.277. The van der Waals surface area contributed by atoms with Crippen molar-refractivity contribution >= 4 is 27.3 Å². The summed E-state index contributed by atoms with van der Waals surface area (Å²) in [6, 6.07) is 3.47. The van der Waals surface area contributed by atoms with E-state index in [1.54, 1.807) is 18.3 Å². The first-order chi connectivity index (χ1) is 8.15. The number of aromatic nitrogens is 2. The second-order valence-electron chi connectivity index (χ2n) is 3.06. The molecule has 90 valence electrons. The monoisotopic (exact) mass is 320 g/mol. The molecule has 2 aromatic rings. The molecule has 0 atom stereocenters. The Balaban J connectivity index is 1.97. The van der Waals surface area contributed by atoms with E-state index in [1.165, 1.54) is 6.20 Å². The van der Waals surface area contributed by atoms with Crippen LogP contribution in [0.2, 0.25) is 0 Å². The lowest BCUT2D eigenvalue weighted by Gasteiger charge is -2.02. The van der Waals surface area contributed by atoms with Gasteiger partial charge in [-0.1, -0.05) is 15.9 Å². The molecular formula is C10H7BrF2N2OS. The Morgan fingerprint density at radius 3 is 2.88 bits per heavy atom. The van der Waals surface area contributed by atoms with Crippen LogP contribution in [0, 0.1) is 0 Å². The van der Waals surface area contributed by atoms with Crippen LogP contribution in [-0.4, -0.2) is 9.97 Å². The standard InChI is InChI=1S/C10H7BrF2N2OS/c11-6-1-2-14-8(3-6)16-5-9-15-4-7(17-9)10(12)13/h1-4,10H,5H2. The van der Waals surface area contributed by atoms with Gasteiger partial charge in [0, 0.05) is 22.9 Å². The maximum atomic E-state index is 12.3. The average molecular weight is 321 g/mol. The lowest BCUT2D eigenvalue weighted by Crippen LogP contribution is -1.95. The van der Waals surface area contributed by atoms with Crippen LogP contribution in [-0.2, 0) is 6.61 Å². The predicted molar refractivity (Wildman–Crippen MR) is 63.3 cm³/mol. The molecule has 0 fully saturated rings. The van der Waals surface area contributed by atoms with Gasteiger partial charge in [0.2, 0.25) is 5.88 Å². The van der Waals surface area contributed by atoms with E-state index in [1.807, 2.05) is 0 Å². The lowest BCUT2D eigenvalue weighted by molar-refractivity contribution is 0.155. The van der Waals surface area contributed by atoms with Crippen molar-refractivity contribution in [1.29, 1.82) is 0 Å². The van der Waals surface area contributed by atoms with E-state index >= 15 is 0 Å². The van der Waals surface area contributed by atoms with Gasteiger partial charge in [-0.15, -0.1) is 11.3 Å². The molecule has 0 amide bonds. The van der Waals surface area contributed by atoms with E-state index < -0.39 is 6.43 Å². The third-order valence-electron chi connectivity index (χ3n) is 1.83. The maximum absolute atomic E-state index is 12.3. The van der Waals surface area contributed by atoms with Gasteiger partial charge in [0.1, 0.15) is 11.6 Å². The first-order valence-electron chi connectivity index (χ1n) is 4.62. The number of rotatable bonds is 4. The zero-order valence-corrected chi connectivity index (χ0v) is 10.8. The highest BCUT2D eigenvalue weighted by Gasteiger charge is 2.11. The van der Waals surface area contributed by atoms with Crippen molar-refractivity contribution in [2.75, 3.05) is 0 Å². The number of alkyl halides is 2. The smallest absolute Gasteiger partial charge is 0.274 e. The molecule has 0 aliphatic heterocycles. The van der Waals surface area contributed by atoms with Crippen LogP contribution in [0.3, 0.4) is 0 Å². The zero-order chi connectivity index (χ0) is 12.3. The molecule has 2 aromatic heterocycles. The molecule has 2 heterocycles. The quantitative estimate of drug-likeness (QED) is 0.859. The molecule has 0 spiro atoms. The van der Waals surface area contributed by atoms with Gasteiger partial charge >= 0.3 is 0 Å². The number of pyridine rings is 1. The lowest BCUT2D eigenvalue weighted by atomic mass is 10.5. The summed E-state index contributed by atoms with van der Waals surface area (Å²) >= 11 is 4.22. The van der Waals surface area contributed by atoms with Crippen molar-refractivity contribution in [2.24, 2.45) is 0 Å². The highest BCUT2D eigenvalue weighted by molar-refractivity contribution is 9.10. The topological polar surface area (TPSA) is 35.0 Å². The Morgan fingerprint density at radius 2 is 2.24 bits per heavy atom. The van der Waals surface area contributed by atoms with E-state index in [9.17, 15) is 8.78 Å². The Hall–Kier alpha value is -1.08. The number of halogens is 3. The van der Waals surface area contributed by atoms with Crippen molar-refractivity contribution in [3.05, 3.63) is 38.9 Å². The van der Waals surface area contributed by atoms with Crippen LogP contribution in [0.1, 0.15) is 16.3 Å². The molecule has 0 unspecified atom stereocenters. The highest BCUT2D eigenvalue weighted by atomic mass is 79.9. The van der Waals surface area contributed by atoms with Gasteiger partial charge in [-0.25, -0.2) is 18.7 Å². The SMILES string of the molecule is FC(F)c1cnc(COc2cc(Br)ccn2)s1. The third kappa shape index (κ3) is 3.44. The summed E-state index contributed by atoms with van der Waals surface area (Å²) < 4.78 is 30.8. The summed E-state index contributed by atoms with van der Waals surface area (Å²) in [4.78, 5) is 7.77. The van der Waals surface area contributed by atoms with Gasteiger partial charge < -0.3 is 4.74 Å². The maximum Gasteiger partial charge on any atom is 0.274 e. The molecule has 3 nitrogen and oxygen atoms in total.